The van der Waals surface area contributed by atoms with Gasteiger partial charge in [-0.05, 0) is 24.5 Å². The van der Waals surface area contributed by atoms with Crippen molar-refractivity contribution in [2.45, 2.75) is 19.8 Å². The number of hydrogen-bond donors (Lipinski definition) is 1. The number of ether oxygens (including phenoxy) is 2. The van der Waals surface area contributed by atoms with Crippen LogP contribution in [0.3, 0.4) is 0 Å². The SMILES string of the molecule is CCC(CCCl)CNC(=O)c1ccc(OC)cc1OC. The number of methoxy groups -OCH3 is 2. The van der Waals surface area contributed by atoms with Gasteiger partial charge in [-0.15, -0.1) is 11.6 Å². The number of halogens is 1. The fourth-order valence-corrected chi connectivity index (χ4v) is 2.23. The molecule has 0 aromatic heterocycles. The van der Waals surface area contributed by atoms with Crippen LogP contribution in [0.2, 0.25) is 0 Å². The van der Waals surface area contributed by atoms with Gasteiger partial charge in [-0.3, -0.25) is 4.79 Å². The van der Waals surface area contributed by atoms with Gasteiger partial charge in [0.05, 0.1) is 19.8 Å². The molecule has 4 nitrogen and oxygen atoms in total. The van der Waals surface area contributed by atoms with E-state index in [0.717, 1.165) is 12.8 Å². The third-order valence-corrected chi connectivity index (χ3v) is 3.52. The topological polar surface area (TPSA) is 47.6 Å². The van der Waals surface area contributed by atoms with E-state index < -0.39 is 0 Å². The molecule has 1 rings (SSSR count). The van der Waals surface area contributed by atoms with E-state index in [1.165, 1.54) is 7.11 Å². The van der Waals surface area contributed by atoms with Crippen molar-refractivity contribution in [2.24, 2.45) is 5.92 Å². The molecule has 0 saturated heterocycles. The van der Waals surface area contributed by atoms with Gasteiger partial charge in [0.2, 0.25) is 0 Å². The Morgan fingerprint density at radius 2 is 2.10 bits per heavy atom. The van der Waals surface area contributed by atoms with Gasteiger partial charge in [-0.1, -0.05) is 13.3 Å². The minimum atomic E-state index is -0.141. The molecule has 0 aliphatic rings. The monoisotopic (exact) mass is 299 g/mol. The third-order valence-electron chi connectivity index (χ3n) is 3.30. The van der Waals surface area contributed by atoms with Crippen LogP contribution in [0.1, 0.15) is 30.1 Å². The highest BCUT2D eigenvalue weighted by atomic mass is 35.5. The normalized spacial score (nSPS) is 11.8. The van der Waals surface area contributed by atoms with Gasteiger partial charge in [0.1, 0.15) is 11.5 Å². The predicted octanol–water partition coefficient (Wildman–Crippen LogP) is 3.09. The Morgan fingerprint density at radius 3 is 2.65 bits per heavy atom. The maximum Gasteiger partial charge on any atom is 0.255 e. The molecule has 1 atom stereocenters. The van der Waals surface area contributed by atoms with Gasteiger partial charge >= 0.3 is 0 Å². The molecule has 0 saturated carbocycles. The molecule has 1 amide bonds. The number of alkyl halides is 1. The number of amides is 1. The predicted molar refractivity (Wildman–Crippen MR) is 81.0 cm³/mol. The Bertz CT molecular complexity index is 437. The van der Waals surface area contributed by atoms with E-state index in [-0.39, 0.29) is 5.91 Å². The lowest BCUT2D eigenvalue weighted by molar-refractivity contribution is 0.0943. The Hall–Kier alpha value is -1.42. The van der Waals surface area contributed by atoms with Crippen LogP contribution in [0.4, 0.5) is 0 Å². The third kappa shape index (κ3) is 4.60. The average Bonchev–Trinajstić information content (AvgIpc) is 2.50. The van der Waals surface area contributed by atoms with Crippen molar-refractivity contribution in [3.05, 3.63) is 23.8 Å². The zero-order valence-electron chi connectivity index (χ0n) is 12.2. The van der Waals surface area contributed by atoms with Gasteiger partial charge in [-0.25, -0.2) is 0 Å². The molecule has 1 unspecified atom stereocenters. The minimum Gasteiger partial charge on any atom is -0.497 e. The maximum absolute atomic E-state index is 12.2. The van der Waals surface area contributed by atoms with Crippen LogP contribution in [0.15, 0.2) is 18.2 Å². The van der Waals surface area contributed by atoms with E-state index in [4.69, 9.17) is 21.1 Å². The van der Waals surface area contributed by atoms with Crippen molar-refractivity contribution >= 4 is 17.5 Å². The second kappa shape index (κ2) is 8.69. The van der Waals surface area contributed by atoms with E-state index in [1.54, 1.807) is 25.3 Å². The number of nitrogens with one attached hydrogen (secondary N) is 1. The number of benzene rings is 1. The Kier molecular flexibility index (Phi) is 7.23. The highest BCUT2D eigenvalue weighted by Crippen LogP contribution is 2.24. The fourth-order valence-electron chi connectivity index (χ4n) is 1.92. The zero-order valence-corrected chi connectivity index (χ0v) is 13.0. The van der Waals surface area contributed by atoms with Crippen molar-refractivity contribution in [1.29, 1.82) is 0 Å². The van der Waals surface area contributed by atoms with Gasteiger partial charge in [0.15, 0.2) is 0 Å². The Labute approximate surface area is 125 Å². The summed E-state index contributed by atoms with van der Waals surface area (Å²) in [5.74, 6) is 2.04. The summed E-state index contributed by atoms with van der Waals surface area (Å²) in [7, 11) is 3.11. The van der Waals surface area contributed by atoms with Gasteiger partial charge in [0.25, 0.3) is 5.91 Å². The number of rotatable bonds is 8. The molecular weight excluding hydrogens is 278 g/mol. The summed E-state index contributed by atoms with van der Waals surface area (Å²) in [6.45, 7) is 2.72. The summed E-state index contributed by atoms with van der Waals surface area (Å²) in [6.07, 6.45) is 1.89. The van der Waals surface area contributed by atoms with Gasteiger partial charge < -0.3 is 14.8 Å². The van der Waals surface area contributed by atoms with Gasteiger partial charge in [0, 0.05) is 18.5 Å². The summed E-state index contributed by atoms with van der Waals surface area (Å²) in [5.41, 5.74) is 0.508. The van der Waals surface area contributed by atoms with Crippen molar-refractivity contribution in [1.82, 2.24) is 5.32 Å². The van der Waals surface area contributed by atoms with Crippen molar-refractivity contribution in [2.75, 3.05) is 26.6 Å². The summed E-state index contributed by atoms with van der Waals surface area (Å²) >= 11 is 5.74. The van der Waals surface area contributed by atoms with Crippen LogP contribution in [-0.2, 0) is 0 Å². The molecule has 0 aliphatic carbocycles. The second-order valence-electron chi connectivity index (χ2n) is 4.53. The van der Waals surface area contributed by atoms with E-state index in [1.807, 2.05) is 0 Å². The standard InChI is InChI=1S/C15H22ClNO3/c1-4-11(7-8-16)10-17-15(18)13-6-5-12(19-2)9-14(13)20-3/h5-6,9,11H,4,7-8,10H2,1-3H3,(H,17,18). The molecule has 1 N–H and O–H groups in total. The summed E-state index contributed by atoms with van der Waals surface area (Å²) in [4.78, 5) is 12.2. The fraction of sp³-hybridized carbons (Fsp3) is 0.533. The smallest absolute Gasteiger partial charge is 0.255 e. The second-order valence-corrected chi connectivity index (χ2v) is 4.91. The van der Waals surface area contributed by atoms with E-state index in [0.29, 0.717) is 35.4 Å². The first-order valence-electron chi connectivity index (χ1n) is 6.72. The first-order chi connectivity index (χ1) is 9.65. The van der Waals surface area contributed by atoms with Crippen LogP contribution in [-0.4, -0.2) is 32.6 Å². The molecule has 0 aliphatic heterocycles. The van der Waals surface area contributed by atoms with E-state index >= 15 is 0 Å². The zero-order chi connectivity index (χ0) is 15.0. The molecule has 0 heterocycles. The first-order valence-corrected chi connectivity index (χ1v) is 7.25. The highest BCUT2D eigenvalue weighted by Gasteiger charge is 2.14. The molecule has 0 radical (unpaired) electrons. The summed E-state index contributed by atoms with van der Waals surface area (Å²) < 4.78 is 10.3. The molecule has 20 heavy (non-hydrogen) atoms. The summed E-state index contributed by atoms with van der Waals surface area (Å²) in [5, 5.41) is 2.93. The molecule has 1 aromatic rings. The van der Waals surface area contributed by atoms with Crippen LogP contribution < -0.4 is 14.8 Å². The number of carbonyl (C=O) groups is 1. The summed E-state index contributed by atoms with van der Waals surface area (Å²) in [6, 6.07) is 5.15. The minimum absolute atomic E-state index is 0.141. The Morgan fingerprint density at radius 1 is 1.35 bits per heavy atom. The lowest BCUT2D eigenvalue weighted by atomic mass is 10.0. The Balaban J connectivity index is 2.71. The maximum atomic E-state index is 12.2. The van der Waals surface area contributed by atoms with Gasteiger partial charge in [-0.2, -0.15) is 0 Å². The van der Waals surface area contributed by atoms with Crippen molar-refractivity contribution < 1.29 is 14.3 Å². The molecule has 1 aromatic carbocycles. The average molecular weight is 300 g/mol. The molecule has 0 fully saturated rings. The number of hydrogen-bond acceptors (Lipinski definition) is 3. The number of carbonyl (C=O) groups excluding carboxylic acids is 1. The van der Waals surface area contributed by atoms with Crippen LogP contribution >= 0.6 is 11.6 Å². The van der Waals surface area contributed by atoms with Crippen molar-refractivity contribution in [3.8, 4) is 11.5 Å². The first kappa shape index (κ1) is 16.6. The quantitative estimate of drug-likeness (QED) is 0.750. The van der Waals surface area contributed by atoms with E-state index in [9.17, 15) is 4.79 Å². The highest BCUT2D eigenvalue weighted by molar-refractivity contribution is 6.17. The largest absolute Gasteiger partial charge is 0.497 e. The molecular formula is C15H22ClNO3. The van der Waals surface area contributed by atoms with Crippen molar-refractivity contribution in [3.63, 3.8) is 0 Å². The lowest BCUT2D eigenvalue weighted by Crippen LogP contribution is -2.29. The molecule has 112 valence electrons. The van der Waals surface area contributed by atoms with Crippen LogP contribution in [0.5, 0.6) is 11.5 Å². The van der Waals surface area contributed by atoms with Crippen LogP contribution in [0, 0.1) is 5.92 Å². The van der Waals surface area contributed by atoms with E-state index in [2.05, 4.69) is 12.2 Å². The lowest BCUT2D eigenvalue weighted by Gasteiger charge is -2.15. The molecule has 5 heteroatoms. The van der Waals surface area contributed by atoms with Crippen LogP contribution in [0.25, 0.3) is 0 Å². The molecule has 0 bridgehead atoms. The molecule has 0 spiro atoms.